The molecule has 4 aromatic rings. The minimum Gasteiger partial charge on any atom is -0.508 e. The van der Waals surface area contributed by atoms with E-state index in [1.54, 1.807) is 6.07 Å². The number of nitrogens with zero attached hydrogens (tertiary/aromatic N) is 3. The van der Waals surface area contributed by atoms with Crippen molar-refractivity contribution >= 4 is 23.4 Å². The smallest absolute Gasteiger partial charge is 0.244 e. The van der Waals surface area contributed by atoms with Gasteiger partial charge in [-0.1, -0.05) is 36.4 Å². The van der Waals surface area contributed by atoms with Gasteiger partial charge in [0.15, 0.2) is 0 Å². The van der Waals surface area contributed by atoms with E-state index in [1.165, 1.54) is 12.1 Å². The van der Waals surface area contributed by atoms with Crippen LogP contribution in [0.3, 0.4) is 0 Å². The zero-order chi connectivity index (χ0) is 24.0. The minimum atomic E-state index is -0.499. The molecule has 0 fully saturated rings. The second-order valence-electron chi connectivity index (χ2n) is 9.13. The fourth-order valence-corrected chi connectivity index (χ4v) is 4.93. The van der Waals surface area contributed by atoms with Crippen LogP contribution in [0.15, 0.2) is 77.2 Å². The molecular weight excluding hydrogens is 441 g/mol. The molecule has 3 aromatic carbocycles. The first-order valence-corrected chi connectivity index (χ1v) is 11.7. The number of hydrogen-bond donors (Lipinski definition) is 1. The summed E-state index contributed by atoms with van der Waals surface area (Å²) < 4.78 is 19.3. The Bertz CT molecular complexity index is 1450. The molecule has 1 atom stereocenters. The molecule has 35 heavy (non-hydrogen) atoms. The van der Waals surface area contributed by atoms with Crippen molar-refractivity contribution in [1.29, 1.82) is 0 Å². The van der Waals surface area contributed by atoms with Gasteiger partial charge in [0.05, 0.1) is 5.54 Å². The fraction of sp³-hybridized carbons (Fsp3) is 0.172. The van der Waals surface area contributed by atoms with Gasteiger partial charge < -0.3 is 14.4 Å². The maximum atomic E-state index is 13.7. The maximum absolute atomic E-state index is 13.7. The summed E-state index contributed by atoms with van der Waals surface area (Å²) in [6.45, 7) is 2.93. The van der Waals surface area contributed by atoms with E-state index < -0.39 is 5.54 Å². The van der Waals surface area contributed by atoms with Crippen LogP contribution in [0.5, 0.6) is 5.75 Å². The summed E-state index contributed by atoms with van der Waals surface area (Å²) in [6, 6.07) is 20.6. The van der Waals surface area contributed by atoms with Gasteiger partial charge in [-0.3, -0.25) is 0 Å². The van der Waals surface area contributed by atoms with Crippen LogP contribution in [-0.4, -0.2) is 21.8 Å². The van der Waals surface area contributed by atoms with Crippen LogP contribution in [-0.2, 0) is 12.0 Å². The molecule has 0 saturated heterocycles. The van der Waals surface area contributed by atoms with Gasteiger partial charge in [0, 0.05) is 23.9 Å². The molecule has 1 aliphatic heterocycles. The van der Waals surface area contributed by atoms with Crippen molar-refractivity contribution in [1.82, 2.24) is 10.2 Å². The van der Waals surface area contributed by atoms with Crippen molar-refractivity contribution in [2.24, 2.45) is 0 Å². The molecule has 174 valence electrons. The maximum Gasteiger partial charge on any atom is 0.244 e. The van der Waals surface area contributed by atoms with Crippen molar-refractivity contribution in [3.63, 3.8) is 0 Å². The Balaban J connectivity index is 1.35. The predicted molar refractivity (Wildman–Crippen MR) is 134 cm³/mol. The fourth-order valence-electron chi connectivity index (χ4n) is 4.93. The molecule has 6 rings (SSSR count). The third-order valence-electron chi connectivity index (χ3n) is 6.91. The van der Waals surface area contributed by atoms with E-state index in [0.29, 0.717) is 11.8 Å². The van der Waals surface area contributed by atoms with Gasteiger partial charge in [-0.05, 0) is 84.5 Å². The SMILES string of the molecule is CC1(c2ccc(C=Cc3nnc(C4=CC4)o3)cc2)c2ccc(O)cc2CCN1c1ccc(F)cc1. The highest BCUT2D eigenvalue weighted by atomic mass is 19.1. The standard InChI is InChI=1S/C29H24FN3O2/c1-29(22-7-2-19(3-8-22)4-15-27-31-32-28(35-27)20-5-6-20)26-14-13-25(34)18-21(26)16-17-33(29)24-11-9-23(30)10-12-24/h2-5,7-15,18,34H,6,16-17H2,1H3. The lowest BCUT2D eigenvalue weighted by Crippen LogP contribution is -2.49. The summed E-state index contributed by atoms with van der Waals surface area (Å²) in [4.78, 5) is 2.31. The first-order valence-electron chi connectivity index (χ1n) is 11.7. The highest BCUT2D eigenvalue weighted by Crippen LogP contribution is 2.44. The Morgan fingerprint density at radius 1 is 1.00 bits per heavy atom. The molecule has 2 heterocycles. The highest BCUT2D eigenvalue weighted by Gasteiger charge is 2.40. The first kappa shape index (κ1) is 21.4. The van der Waals surface area contributed by atoms with Crippen LogP contribution in [0.1, 0.15) is 47.4 Å². The number of phenolic OH excluding ortho intramolecular Hbond substituents is 1. The van der Waals surface area contributed by atoms with Crippen molar-refractivity contribution in [2.45, 2.75) is 25.3 Å². The number of anilines is 1. The quantitative estimate of drug-likeness (QED) is 0.380. The van der Waals surface area contributed by atoms with Crippen LogP contribution in [0.25, 0.3) is 17.7 Å². The molecule has 0 radical (unpaired) electrons. The summed E-state index contributed by atoms with van der Waals surface area (Å²) in [5.41, 5.74) is 5.91. The summed E-state index contributed by atoms with van der Waals surface area (Å²) in [5, 5.41) is 18.2. The number of halogens is 1. The third kappa shape index (κ3) is 3.91. The second kappa shape index (κ2) is 8.24. The van der Waals surface area contributed by atoms with Crippen molar-refractivity contribution in [3.8, 4) is 5.75 Å². The molecule has 6 heteroatoms. The predicted octanol–water partition coefficient (Wildman–Crippen LogP) is 6.20. The second-order valence-corrected chi connectivity index (χ2v) is 9.13. The molecule has 5 nitrogen and oxygen atoms in total. The molecular formula is C29H24FN3O2. The van der Waals surface area contributed by atoms with Gasteiger partial charge in [0.2, 0.25) is 11.8 Å². The lowest BCUT2D eigenvalue weighted by atomic mass is 9.76. The highest BCUT2D eigenvalue weighted by molar-refractivity contribution is 5.73. The van der Waals surface area contributed by atoms with E-state index in [1.807, 2.05) is 36.4 Å². The molecule has 1 aromatic heterocycles. The van der Waals surface area contributed by atoms with Crippen LogP contribution < -0.4 is 4.90 Å². The number of phenols is 1. The minimum absolute atomic E-state index is 0.254. The number of hydrogen-bond acceptors (Lipinski definition) is 5. The average molecular weight is 466 g/mol. The molecule has 2 aliphatic rings. The topological polar surface area (TPSA) is 62.4 Å². The molecule has 1 aliphatic carbocycles. The van der Waals surface area contributed by atoms with E-state index in [9.17, 15) is 9.50 Å². The Morgan fingerprint density at radius 2 is 1.77 bits per heavy atom. The van der Waals surface area contributed by atoms with Gasteiger partial charge >= 0.3 is 0 Å². The number of rotatable bonds is 5. The molecule has 0 bridgehead atoms. The van der Waals surface area contributed by atoms with Crippen LogP contribution >= 0.6 is 0 Å². The molecule has 0 saturated carbocycles. The number of aromatic nitrogens is 2. The largest absolute Gasteiger partial charge is 0.508 e. The van der Waals surface area contributed by atoms with Crippen LogP contribution in [0.2, 0.25) is 0 Å². The Morgan fingerprint density at radius 3 is 2.51 bits per heavy atom. The monoisotopic (exact) mass is 465 g/mol. The van der Waals surface area contributed by atoms with Gasteiger partial charge in [0.1, 0.15) is 11.6 Å². The number of aromatic hydroxyl groups is 1. The van der Waals surface area contributed by atoms with E-state index in [-0.39, 0.29) is 11.6 Å². The van der Waals surface area contributed by atoms with E-state index >= 15 is 0 Å². The van der Waals surface area contributed by atoms with Gasteiger partial charge in [0.25, 0.3) is 0 Å². The van der Waals surface area contributed by atoms with Gasteiger partial charge in [-0.2, -0.15) is 0 Å². The van der Waals surface area contributed by atoms with Gasteiger partial charge in [-0.15, -0.1) is 10.2 Å². The average Bonchev–Trinajstić information content (AvgIpc) is 3.61. The summed E-state index contributed by atoms with van der Waals surface area (Å²) >= 11 is 0. The molecule has 0 amide bonds. The first-order chi connectivity index (χ1) is 17.0. The number of fused-ring (bicyclic) bond motifs is 1. The van der Waals surface area contributed by atoms with Crippen molar-refractivity contribution in [3.05, 3.63) is 113 Å². The zero-order valence-electron chi connectivity index (χ0n) is 19.3. The van der Waals surface area contributed by atoms with E-state index in [4.69, 9.17) is 4.42 Å². The van der Waals surface area contributed by atoms with E-state index in [0.717, 1.165) is 52.9 Å². The number of benzene rings is 3. The van der Waals surface area contributed by atoms with Crippen molar-refractivity contribution in [2.75, 3.05) is 11.4 Å². The van der Waals surface area contributed by atoms with Crippen molar-refractivity contribution < 1.29 is 13.9 Å². The Kier molecular flexibility index (Phi) is 5.02. The van der Waals surface area contributed by atoms with Crippen LogP contribution in [0.4, 0.5) is 10.1 Å². The van der Waals surface area contributed by atoms with E-state index in [2.05, 4.69) is 52.4 Å². The third-order valence-corrected chi connectivity index (χ3v) is 6.91. The summed E-state index contributed by atoms with van der Waals surface area (Å²) in [6.07, 6.45) is 7.54. The lowest BCUT2D eigenvalue weighted by molar-refractivity contribution is 0.463. The zero-order valence-corrected chi connectivity index (χ0v) is 19.3. The normalized spacial score (nSPS) is 19.0. The molecule has 1 N–H and O–H groups in total. The number of allylic oxidation sites excluding steroid dienone is 2. The summed E-state index contributed by atoms with van der Waals surface area (Å²) in [5.74, 6) is 1.09. The Labute approximate surface area is 202 Å². The lowest BCUT2D eigenvalue weighted by Gasteiger charge is -2.48. The Hall–Kier alpha value is -4.19. The molecule has 1 unspecified atom stereocenters. The summed E-state index contributed by atoms with van der Waals surface area (Å²) in [7, 11) is 0. The molecule has 0 spiro atoms. The van der Waals surface area contributed by atoms with Crippen LogP contribution in [0, 0.1) is 5.82 Å². The van der Waals surface area contributed by atoms with Gasteiger partial charge in [-0.25, -0.2) is 4.39 Å².